The zero-order valence-corrected chi connectivity index (χ0v) is 23.0. The highest BCUT2D eigenvalue weighted by atomic mass is 32.2. The first-order valence-electron chi connectivity index (χ1n) is 12.4. The van der Waals surface area contributed by atoms with E-state index < -0.39 is 26.2 Å². The summed E-state index contributed by atoms with van der Waals surface area (Å²) < 4.78 is 59.7. The number of sulfonamides is 2. The van der Waals surface area contributed by atoms with Gasteiger partial charge < -0.3 is 0 Å². The summed E-state index contributed by atoms with van der Waals surface area (Å²) in [4.78, 5) is 4.74. The molecule has 0 saturated carbocycles. The minimum Gasteiger partial charge on any atom is -0.253 e. The van der Waals surface area contributed by atoms with E-state index >= 15 is 0 Å². The molecular weight excluding hydrogens is 532 g/mol. The molecule has 198 valence electrons. The first-order valence-corrected chi connectivity index (χ1v) is 15.3. The molecule has 2 aliphatic heterocycles. The van der Waals surface area contributed by atoms with Crippen molar-refractivity contribution in [3.63, 3.8) is 0 Å². The predicted molar refractivity (Wildman–Crippen MR) is 150 cm³/mol. The third-order valence-corrected chi connectivity index (χ3v) is 10.5. The maximum absolute atomic E-state index is 14.4. The fourth-order valence-corrected chi connectivity index (χ4v) is 7.94. The van der Waals surface area contributed by atoms with Gasteiger partial charge in [0.1, 0.15) is 6.34 Å². The van der Waals surface area contributed by atoms with Crippen LogP contribution >= 0.6 is 0 Å². The van der Waals surface area contributed by atoms with Crippen molar-refractivity contribution in [1.82, 2.24) is 9.42 Å². The maximum Gasteiger partial charge on any atom is 0.266 e. The van der Waals surface area contributed by atoms with E-state index in [1.807, 2.05) is 19.9 Å². The molecule has 0 fully saturated rings. The van der Waals surface area contributed by atoms with Crippen LogP contribution in [0.1, 0.15) is 28.4 Å². The summed E-state index contributed by atoms with van der Waals surface area (Å²) >= 11 is 0. The van der Waals surface area contributed by atoms with E-state index in [1.165, 1.54) is 20.1 Å². The van der Waals surface area contributed by atoms with Gasteiger partial charge in [0.15, 0.2) is 6.17 Å². The van der Waals surface area contributed by atoms with Gasteiger partial charge in [-0.05, 0) is 55.8 Å². The molecule has 1 unspecified atom stereocenters. The Kier molecular flexibility index (Phi) is 6.05. The van der Waals surface area contributed by atoms with Crippen LogP contribution in [0.5, 0.6) is 0 Å². The van der Waals surface area contributed by atoms with Crippen LogP contribution < -0.4 is 4.31 Å². The summed E-state index contributed by atoms with van der Waals surface area (Å²) in [6.45, 7) is 3.69. The molecule has 2 aliphatic rings. The number of hydrogen-bond donors (Lipinski definition) is 0. The Morgan fingerprint density at radius 3 is 1.92 bits per heavy atom. The lowest BCUT2D eigenvalue weighted by atomic mass is 10.1. The smallest absolute Gasteiger partial charge is 0.253 e. The van der Waals surface area contributed by atoms with Crippen LogP contribution in [0.15, 0.2) is 112 Å². The van der Waals surface area contributed by atoms with Gasteiger partial charge in [-0.25, -0.2) is 26.1 Å². The monoisotopic (exact) mass is 558 g/mol. The van der Waals surface area contributed by atoms with E-state index in [-0.39, 0.29) is 16.3 Å². The lowest BCUT2D eigenvalue weighted by molar-refractivity contribution is 0.104. The van der Waals surface area contributed by atoms with Gasteiger partial charge in [0.05, 0.1) is 27.7 Å². The van der Waals surface area contributed by atoms with E-state index in [0.717, 1.165) is 11.1 Å². The van der Waals surface area contributed by atoms with Gasteiger partial charge in [-0.2, -0.15) is 0 Å². The van der Waals surface area contributed by atoms with Crippen LogP contribution in [0.4, 0.5) is 11.4 Å². The average molecular weight is 559 g/mol. The van der Waals surface area contributed by atoms with Crippen molar-refractivity contribution in [3.05, 3.63) is 119 Å². The highest BCUT2D eigenvalue weighted by Gasteiger charge is 2.46. The highest BCUT2D eigenvalue weighted by Crippen LogP contribution is 2.46. The molecule has 2 heterocycles. The van der Waals surface area contributed by atoms with Crippen molar-refractivity contribution >= 4 is 37.8 Å². The SMILES string of the molecule is Cc1ccc(S(=O)(=O)N2c3ccccc3CN(S(=O)(=O)c3ccc(C)cc3)N3C=Nc4ccccc4C32)cc1. The number of aryl methyl sites for hydroxylation is 2. The standard InChI is InChI=1S/C29H26N4O4S2/c1-21-11-15-24(16-12-21)38(34,35)32-19-23-7-3-6-10-28(23)33(39(36,37)25-17-13-22(2)14-18-25)29-26-8-4-5-9-27(26)30-20-31(29)32/h3-18,20,29H,19H2,1-2H3. The Bertz CT molecular complexity index is 1800. The quantitative estimate of drug-likeness (QED) is 0.339. The van der Waals surface area contributed by atoms with Gasteiger partial charge in [0.2, 0.25) is 0 Å². The second-order valence-corrected chi connectivity index (χ2v) is 13.3. The fourth-order valence-electron chi connectivity index (χ4n) is 4.91. The molecule has 0 bridgehead atoms. The molecule has 1 atom stereocenters. The van der Waals surface area contributed by atoms with Crippen molar-refractivity contribution in [2.75, 3.05) is 4.31 Å². The summed E-state index contributed by atoms with van der Waals surface area (Å²) in [5.41, 5.74) is 3.93. The number of rotatable bonds is 4. The minimum absolute atomic E-state index is 0.0863. The number of benzene rings is 4. The molecule has 0 aliphatic carbocycles. The Hall–Kier alpha value is -3.99. The molecule has 0 amide bonds. The van der Waals surface area contributed by atoms with Crippen molar-refractivity contribution in [1.29, 1.82) is 0 Å². The third-order valence-electron chi connectivity index (χ3n) is 6.97. The van der Waals surface area contributed by atoms with E-state index in [0.29, 0.717) is 22.5 Å². The molecule has 0 saturated heterocycles. The number of fused-ring (bicyclic) bond motifs is 4. The van der Waals surface area contributed by atoms with Crippen molar-refractivity contribution in [3.8, 4) is 0 Å². The van der Waals surface area contributed by atoms with Crippen molar-refractivity contribution < 1.29 is 16.8 Å². The van der Waals surface area contributed by atoms with Crippen LogP contribution in [0.25, 0.3) is 0 Å². The molecule has 0 aromatic heterocycles. The van der Waals surface area contributed by atoms with Crippen LogP contribution in [0.3, 0.4) is 0 Å². The van der Waals surface area contributed by atoms with Gasteiger partial charge in [0.25, 0.3) is 20.0 Å². The molecule has 6 rings (SSSR count). The highest BCUT2D eigenvalue weighted by molar-refractivity contribution is 7.93. The number of hydrogen-bond acceptors (Lipinski definition) is 6. The van der Waals surface area contributed by atoms with E-state index in [2.05, 4.69) is 4.99 Å². The van der Waals surface area contributed by atoms with Gasteiger partial charge in [0, 0.05) is 5.56 Å². The van der Waals surface area contributed by atoms with Crippen LogP contribution in [0, 0.1) is 13.8 Å². The largest absolute Gasteiger partial charge is 0.266 e. The normalized spacial score (nSPS) is 17.2. The summed E-state index contributed by atoms with van der Waals surface area (Å²) in [5, 5.41) is 1.42. The summed E-state index contributed by atoms with van der Waals surface area (Å²) in [5.74, 6) is 0. The molecule has 8 nitrogen and oxygen atoms in total. The average Bonchev–Trinajstić information content (AvgIpc) is 3.09. The second-order valence-electron chi connectivity index (χ2n) is 9.60. The Morgan fingerprint density at radius 1 is 0.692 bits per heavy atom. The molecule has 39 heavy (non-hydrogen) atoms. The zero-order valence-electron chi connectivity index (χ0n) is 21.3. The third kappa shape index (κ3) is 4.21. The number of anilines is 1. The van der Waals surface area contributed by atoms with E-state index in [1.54, 1.807) is 91.0 Å². The van der Waals surface area contributed by atoms with E-state index in [4.69, 9.17) is 0 Å². The lowest BCUT2D eigenvalue weighted by Gasteiger charge is -2.42. The number of hydrazine groups is 1. The Balaban J connectivity index is 1.62. The molecule has 0 N–H and O–H groups in total. The van der Waals surface area contributed by atoms with Crippen LogP contribution in [0.2, 0.25) is 0 Å². The molecule has 4 aromatic carbocycles. The number of nitrogens with zero attached hydrogens (tertiary/aromatic N) is 4. The van der Waals surface area contributed by atoms with Gasteiger partial charge in [-0.3, -0.25) is 5.01 Å². The van der Waals surface area contributed by atoms with Crippen LogP contribution in [-0.2, 0) is 26.6 Å². The lowest BCUT2D eigenvalue weighted by Crippen LogP contribution is -2.52. The van der Waals surface area contributed by atoms with Crippen molar-refractivity contribution in [2.24, 2.45) is 4.99 Å². The van der Waals surface area contributed by atoms with Gasteiger partial charge in [-0.1, -0.05) is 71.8 Å². The summed E-state index contributed by atoms with van der Waals surface area (Å²) in [6, 6.07) is 27.4. The topological polar surface area (TPSA) is 90.4 Å². The number of aliphatic imine (C=N–C) groups is 1. The van der Waals surface area contributed by atoms with Gasteiger partial charge >= 0.3 is 0 Å². The summed E-state index contributed by atoms with van der Waals surface area (Å²) in [6.07, 6.45) is 0.358. The molecule has 0 spiro atoms. The predicted octanol–water partition coefficient (Wildman–Crippen LogP) is 5.29. The molecular formula is C29H26N4O4S2. The Morgan fingerprint density at radius 2 is 1.26 bits per heavy atom. The first-order chi connectivity index (χ1) is 18.7. The molecule has 4 aromatic rings. The van der Waals surface area contributed by atoms with E-state index in [9.17, 15) is 16.8 Å². The first kappa shape index (κ1) is 25.3. The molecule has 0 radical (unpaired) electrons. The Labute approximate surface area is 228 Å². The van der Waals surface area contributed by atoms with Crippen LogP contribution in [-0.4, -0.2) is 32.6 Å². The summed E-state index contributed by atoms with van der Waals surface area (Å²) in [7, 11) is -8.27. The number of para-hydroxylation sites is 2. The van der Waals surface area contributed by atoms with Gasteiger partial charge in [-0.15, -0.1) is 4.41 Å². The van der Waals surface area contributed by atoms with Crippen molar-refractivity contribution in [2.45, 2.75) is 36.3 Å². The fraction of sp³-hybridized carbons (Fsp3) is 0.138. The molecule has 10 heteroatoms. The minimum atomic E-state index is -4.16. The second kappa shape index (κ2) is 9.33. The maximum atomic E-state index is 14.4. The zero-order chi connectivity index (χ0) is 27.4.